The Hall–Kier alpha value is -1.71. The second-order valence-corrected chi connectivity index (χ2v) is 14.2. The average Bonchev–Trinajstić information content (AvgIpc) is 3.54. The van der Waals surface area contributed by atoms with E-state index in [1.165, 1.54) is 55.0 Å². The summed E-state index contributed by atoms with van der Waals surface area (Å²) in [6.45, 7) is 2.33. The maximum atomic E-state index is 15.1. The van der Waals surface area contributed by atoms with E-state index >= 15 is 4.39 Å². The summed E-state index contributed by atoms with van der Waals surface area (Å²) in [5, 5.41) is 0. The molecule has 190 valence electrons. The molecule has 5 saturated carbocycles. The molecule has 4 bridgehead atoms. The third kappa shape index (κ3) is 3.89. The lowest BCUT2D eigenvalue weighted by atomic mass is 9.50. The van der Waals surface area contributed by atoms with Gasteiger partial charge in [0.25, 0.3) is 5.91 Å². The highest BCUT2D eigenvalue weighted by Gasteiger charge is 2.53. The van der Waals surface area contributed by atoms with Crippen molar-refractivity contribution in [2.75, 3.05) is 32.9 Å². The van der Waals surface area contributed by atoms with Gasteiger partial charge in [-0.1, -0.05) is 0 Å². The predicted octanol–water partition coefficient (Wildman–Crippen LogP) is 3.61. The number of halogens is 1. The van der Waals surface area contributed by atoms with Crippen LogP contribution < -0.4 is 9.46 Å². The van der Waals surface area contributed by atoms with E-state index in [1.54, 1.807) is 0 Å². The van der Waals surface area contributed by atoms with Crippen LogP contribution in [0.4, 0.5) is 4.39 Å². The van der Waals surface area contributed by atoms with Crippen molar-refractivity contribution in [3.05, 3.63) is 29.1 Å². The van der Waals surface area contributed by atoms with Gasteiger partial charge in [-0.25, -0.2) is 9.11 Å². The van der Waals surface area contributed by atoms with Crippen LogP contribution in [-0.4, -0.2) is 51.5 Å². The summed E-state index contributed by atoms with van der Waals surface area (Å²) in [6.07, 6.45) is 9.65. The monoisotopic (exact) mass is 504 g/mol. The zero-order chi connectivity index (χ0) is 24.0. The van der Waals surface area contributed by atoms with Gasteiger partial charge in [-0.2, -0.15) is 12.7 Å². The maximum absolute atomic E-state index is 15.1. The second-order valence-electron chi connectivity index (χ2n) is 12.5. The number of ether oxygens (including phenoxy) is 2. The number of carbonyl (C=O) groups excluding carboxylic acids is 1. The van der Waals surface area contributed by atoms with Crippen LogP contribution in [0.1, 0.15) is 73.2 Å². The Labute approximate surface area is 205 Å². The van der Waals surface area contributed by atoms with E-state index in [9.17, 15) is 13.2 Å². The summed E-state index contributed by atoms with van der Waals surface area (Å²) in [7, 11) is -4.02. The van der Waals surface area contributed by atoms with E-state index < -0.39 is 21.9 Å². The van der Waals surface area contributed by atoms with E-state index in [4.69, 9.17) is 9.47 Å². The molecule has 9 heteroatoms. The number of carbonyl (C=O) groups is 1. The predicted molar refractivity (Wildman–Crippen MR) is 126 cm³/mol. The van der Waals surface area contributed by atoms with E-state index in [-0.39, 0.29) is 22.3 Å². The van der Waals surface area contributed by atoms with Crippen LogP contribution in [-0.2, 0) is 14.9 Å². The van der Waals surface area contributed by atoms with Gasteiger partial charge in [-0.3, -0.25) is 4.79 Å². The minimum absolute atomic E-state index is 0.113. The van der Waals surface area contributed by atoms with Gasteiger partial charge in [0.05, 0.1) is 25.4 Å². The molecule has 0 radical (unpaired) electrons. The fraction of sp³-hybridized carbons (Fsp3) is 0.731. The van der Waals surface area contributed by atoms with Crippen molar-refractivity contribution >= 4 is 16.1 Å². The molecule has 1 N–H and O–H groups in total. The first-order chi connectivity index (χ1) is 16.7. The van der Waals surface area contributed by atoms with Crippen LogP contribution in [0.5, 0.6) is 5.75 Å². The van der Waals surface area contributed by atoms with Crippen LogP contribution in [0.15, 0.2) is 12.1 Å². The topological polar surface area (TPSA) is 84.9 Å². The largest absolute Gasteiger partial charge is 0.493 e. The summed E-state index contributed by atoms with van der Waals surface area (Å²) in [4.78, 5) is 12.8. The molecule has 1 aromatic rings. The molecular weight excluding hydrogens is 471 g/mol. The molecule has 1 spiro atoms. The lowest BCUT2D eigenvalue weighted by molar-refractivity contribution is -0.167. The Balaban J connectivity index is 1.07. The first-order valence-electron chi connectivity index (χ1n) is 13.1. The van der Waals surface area contributed by atoms with Crippen molar-refractivity contribution in [3.63, 3.8) is 0 Å². The molecule has 7 aliphatic rings. The summed E-state index contributed by atoms with van der Waals surface area (Å²) in [5.74, 6) is 1.54. The fourth-order valence-corrected chi connectivity index (χ4v) is 9.32. The fourth-order valence-electron chi connectivity index (χ4n) is 7.96. The van der Waals surface area contributed by atoms with Crippen molar-refractivity contribution in [2.45, 2.75) is 57.3 Å². The smallest absolute Gasteiger partial charge is 0.304 e. The van der Waals surface area contributed by atoms with Crippen LogP contribution in [0.25, 0.3) is 0 Å². The molecule has 5 aliphatic carbocycles. The van der Waals surface area contributed by atoms with Gasteiger partial charge in [0.15, 0.2) is 0 Å². The number of amides is 1. The molecule has 0 aromatic heterocycles. The van der Waals surface area contributed by atoms with Crippen LogP contribution in [0.3, 0.4) is 0 Å². The first kappa shape index (κ1) is 22.5. The number of benzene rings is 1. The number of nitrogens with one attached hydrogen (secondary N) is 1. The van der Waals surface area contributed by atoms with Crippen molar-refractivity contribution in [1.82, 2.24) is 9.03 Å². The van der Waals surface area contributed by atoms with E-state index in [1.807, 2.05) is 0 Å². The summed E-state index contributed by atoms with van der Waals surface area (Å²) in [5.41, 5.74) is 0.682. The van der Waals surface area contributed by atoms with Crippen LogP contribution in [0, 0.1) is 34.4 Å². The highest BCUT2D eigenvalue weighted by molar-refractivity contribution is 7.87. The first-order valence-corrected chi connectivity index (χ1v) is 14.5. The summed E-state index contributed by atoms with van der Waals surface area (Å²) < 4.78 is 55.2. The van der Waals surface area contributed by atoms with Gasteiger partial charge in [0, 0.05) is 30.0 Å². The third-order valence-corrected chi connectivity index (χ3v) is 10.8. The van der Waals surface area contributed by atoms with Crippen LogP contribution >= 0.6 is 0 Å². The summed E-state index contributed by atoms with van der Waals surface area (Å²) in [6, 6.07) is 2.82. The quantitative estimate of drug-likeness (QED) is 0.613. The molecule has 7 nitrogen and oxygen atoms in total. The molecule has 2 saturated heterocycles. The molecule has 1 amide bonds. The Morgan fingerprint density at radius 1 is 1.09 bits per heavy atom. The van der Waals surface area contributed by atoms with Gasteiger partial charge in [-0.15, -0.1) is 0 Å². The number of hydrogen-bond acceptors (Lipinski definition) is 5. The molecule has 8 rings (SSSR count). The van der Waals surface area contributed by atoms with Crippen molar-refractivity contribution < 1.29 is 27.1 Å². The lowest BCUT2D eigenvalue weighted by Gasteiger charge is -2.56. The third-order valence-electron chi connectivity index (χ3n) is 9.46. The van der Waals surface area contributed by atoms with Gasteiger partial charge in [0.2, 0.25) is 0 Å². The standard InChI is InChI=1S/C26H33FN2O5S/c27-22-7-23(34-15-25-8-16-3-17(9-25)5-18(4-16)10-25)20(19-1-2-19)6-21(22)24(30)28-35(31,32)29-11-26(12-29)13-33-14-26/h6-7,16-19H,1-5,8-15H2,(H,28,30). The Morgan fingerprint density at radius 3 is 2.26 bits per heavy atom. The molecule has 2 aliphatic heterocycles. The average molecular weight is 505 g/mol. The maximum Gasteiger partial charge on any atom is 0.304 e. The number of rotatable bonds is 7. The van der Waals surface area contributed by atoms with Crippen molar-refractivity contribution in [3.8, 4) is 5.75 Å². The van der Waals surface area contributed by atoms with E-state index in [2.05, 4.69) is 4.72 Å². The van der Waals surface area contributed by atoms with Crippen LogP contribution in [0.2, 0.25) is 0 Å². The normalized spacial score (nSPS) is 34.9. The molecule has 0 unspecified atom stereocenters. The number of hydrogen-bond donors (Lipinski definition) is 1. The number of nitrogens with zero attached hydrogens (tertiary/aromatic N) is 1. The van der Waals surface area contributed by atoms with Gasteiger partial charge >= 0.3 is 10.2 Å². The molecule has 35 heavy (non-hydrogen) atoms. The highest BCUT2D eigenvalue weighted by atomic mass is 32.2. The van der Waals surface area contributed by atoms with E-state index in [0.717, 1.165) is 36.2 Å². The minimum Gasteiger partial charge on any atom is -0.493 e. The molecule has 1 aromatic carbocycles. The minimum atomic E-state index is -4.02. The Bertz CT molecular complexity index is 1130. The highest BCUT2D eigenvalue weighted by Crippen LogP contribution is 2.60. The van der Waals surface area contributed by atoms with Crippen molar-refractivity contribution in [2.24, 2.45) is 28.6 Å². The summed E-state index contributed by atoms with van der Waals surface area (Å²) >= 11 is 0. The van der Waals surface area contributed by atoms with Gasteiger partial charge < -0.3 is 9.47 Å². The van der Waals surface area contributed by atoms with Crippen molar-refractivity contribution in [1.29, 1.82) is 0 Å². The SMILES string of the molecule is O=C(NS(=O)(=O)N1CC2(COC2)C1)c1cc(C2CC2)c(OCC23CC4CC(CC(C4)C2)C3)cc1F. The lowest BCUT2D eigenvalue weighted by Crippen LogP contribution is -2.68. The van der Waals surface area contributed by atoms with Gasteiger partial charge in [0.1, 0.15) is 11.6 Å². The molecule has 7 fully saturated rings. The molecule has 0 atom stereocenters. The second kappa shape index (κ2) is 7.65. The Morgan fingerprint density at radius 2 is 1.71 bits per heavy atom. The zero-order valence-electron chi connectivity index (χ0n) is 19.9. The molecular formula is C26H33FN2O5S. The Kier molecular flexibility index (Phi) is 4.91. The molecule has 2 heterocycles. The zero-order valence-corrected chi connectivity index (χ0v) is 20.7. The van der Waals surface area contributed by atoms with E-state index in [0.29, 0.717) is 38.7 Å². The van der Waals surface area contributed by atoms with Gasteiger partial charge in [-0.05, 0) is 86.7 Å².